The first-order valence-corrected chi connectivity index (χ1v) is 10.6. The SMILES string of the molecule is CCC[C@@H](CC(C)C)C(=O)N=C(N)c1ccc(OCC)nc1C1(C(F)(F)F)CCC1. The second kappa shape index (κ2) is 9.79. The number of carbonyl (C=O) groups excluding carboxylic acids is 1. The van der Waals surface area contributed by atoms with Gasteiger partial charge in [0.1, 0.15) is 11.3 Å². The summed E-state index contributed by atoms with van der Waals surface area (Å²) in [5, 5.41) is 0. The smallest absolute Gasteiger partial charge is 0.399 e. The largest absolute Gasteiger partial charge is 0.478 e. The third kappa shape index (κ3) is 5.13. The highest BCUT2D eigenvalue weighted by Crippen LogP contribution is 2.55. The number of aromatic nitrogens is 1. The third-order valence-electron chi connectivity index (χ3n) is 5.61. The molecule has 1 fully saturated rings. The monoisotopic (exact) mass is 427 g/mol. The second-order valence-corrected chi connectivity index (χ2v) is 8.36. The van der Waals surface area contributed by atoms with Gasteiger partial charge in [0, 0.05) is 17.5 Å². The summed E-state index contributed by atoms with van der Waals surface area (Å²) in [4.78, 5) is 20.9. The van der Waals surface area contributed by atoms with E-state index in [0.29, 0.717) is 25.2 Å². The summed E-state index contributed by atoms with van der Waals surface area (Å²) in [5.74, 6) is -0.501. The summed E-state index contributed by atoms with van der Waals surface area (Å²) in [6, 6.07) is 2.90. The Morgan fingerprint density at radius 3 is 2.43 bits per heavy atom. The minimum Gasteiger partial charge on any atom is -0.478 e. The number of alkyl halides is 3. The van der Waals surface area contributed by atoms with Crippen LogP contribution in [-0.4, -0.2) is 29.5 Å². The molecule has 0 aliphatic heterocycles. The van der Waals surface area contributed by atoms with Gasteiger partial charge < -0.3 is 10.5 Å². The highest BCUT2D eigenvalue weighted by Gasteiger charge is 2.61. The number of rotatable bonds is 9. The quantitative estimate of drug-likeness (QED) is 0.436. The summed E-state index contributed by atoms with van der Waals surface area (Å²) in [7, 11) is 0. The Morgan fingerprint density at radius 2 is 1.97 bits per heavy atom. The van der Waals surface area contributed by atoms with E-state index in [9.17, 15) is 18.0 Å². The Labute approximate surface area is 176 Å². The number of nitrogens with two attached hydrogens (primary N) is 1. The first-order valence-electron chi connectivity index (χ1n) is 10.6. The summed E-state index contributed by atoms with van der Waals surface area (Å²) in [6.45, 7) is 8.02. The Kier molecular flexibility index (Phi) is 7.88. The normalized spacial score (nSPS) is 17.5. The highest BCUT2D eigenvalue weighted by atomic mass is 19.4. The summed E-state index contributed by atoms with van der Waals surface area (Å²) in [5.41, 5.74) is 3.86. The number of amidine groups is 1. The van der Waals surface area contributed by atoms with Crippen LogP contribution in [0.25, 0.3) is 0 Å². The topological polar surface area (TPSA) is 77.6 Å². The van der Waals surface area contributed by atoms with Crippen molar-refractivity contribution in [3.05, 3.63) is 23.4 Å². The van der Waals surface area contributed by atoms with Crippen LogP contribution in [0.1, 0.15) is 77.5 Å². The van der Waals surface area contributed by atoms with Crippen molar-refractivity contribution in [3.8, 4) is 5.88 Å². The van der Waals surface area contributed by atoms with Crippen LogP contribution in [0, 0.1) is 11.8 Å². The van der Waals surface area contributed by atoms with Gasteiger partial charge in [-0.15, -0.1) is 0 Å². The maximum atomic E-state index is 14.0. The van der Waals surface area contributed by atoms with Crippen molar-refractivity contribution in [2.75, 3.05) is 6.61 Å². The minimum absolute atomic E-state index is 0.0589. The molecule has 168 valence electrons. The molecule has 1 atom stereocenters. The predicted octanol–water partition coefficient (Wildman–Crippen LogP) is 5.16. The molecule has 5 nitrogen and oxygen atoms in total. The van der Waals surface area contributed by atoms with E-state index in [1.165, 1.54) is 12.1 Å². The van der Waals surface area contributed by atoms with Gasteiger partial charge in [-0.25, -0.2) is 4.98 Å². The first kappa shape index (κ1) is 24.2. The molecule has 0 radical (unpaired) electrons. The third-order valence-corrected chi connectivity index (χ3v) is 5.61. The zero-order valence-corrected chi connectivity index (χ0v) is 18.2. The zero-order chi connectivity index (χ0) is 22.5. The average molecular weight is 428 g/mol. The van der Waals surface area contributed by atoms with Crippen LogP contribution >= 0.6 is 0 Å². The molecule has 0 bridgehead atoms. The molecule has 2 N–H and O–H groups in total. The molecule has 30 heavy (non-hydrogen) atoms. The Bertz CT molecular complexity index is 771. The molecule has 8 heteroatoms. The number of hydrogen-bond acceptors (Lipinski definition) is 3. The summed E-state index contributed by atoms with van der Waals surface area (Å²) < 4.78 is 47.4. The number of nitrogens with zero attached hydrogens (tertiary/aromatic N) is 2. The van der Waals surface area contributed by atoms with Gasteiger partial charge in [0.05, 0.1) is 12.3 Å². The van der Waals surface area contributed by atoms with Gasteiger partial charge in [0.15, 0.2) is 0 Å². The molecule has 0 unspecified atom stereocenters. The minimum atomic E-state index is -4.48. The molecule has 1 aliphatic rings. The molecule has 0 aromatic carbocycles. The van der Waals surface area contributed by atoms with E-state index in [1.807, 2.05) is 20.8 Å². The Hall–Kier alpha value is -2.12. The van der Waals surface area contributed by atoms with Gasteiger partial charge >= 0.3 is 6.18 Å². The number of pyridine rings is 1. The lowest BCUT2D eigenvalue weighted by Gasteiger charge is -2.43. The van der Waals surface area contributed by atoms with Gasteiger partial charge in [-0.2, -0.15) is 18.2 Å². The molecule has 2 rings (SSSR count). The van der Waals surface area contributed by atoms with Crippen LogP contribution in [0.15, 0.2) is 17.1 Å². The van der Waals surface area contributed by atoms with Crippen molar-refractivity contribution in [1.29, 1.82) is 0 Å². The van der Waals surface area contributed by atoms with Crippen LogP contribution in [0.4, 0.5) is 13.2 Å². The lowest BCUT2D eigenvalue weighted by Crippen LogP contribution is -2.49. The standard InChI is InChI=1S/C22H32F3N3O2/c1-5-8-15(13-14(3)4)20(29)28-19(26)16-9-10-17(30-6-2)27-18(16)21(11-7-12-21)22(23,24)25/h9-10,14-15H,5-8,11-13H2,1-4H3,(H2,26,28,29)/t15-/m0/s1. The van der Waals surface area contributed by atoms with Crippen LogP contribution in [-0.2, 0) is 10.2 Å². The van der Waals surface area contributed by atoms with Crippen molar-refractivity contribution < 1.29 is 22.7 Å². The van der Waals surface area contributed by atoms with Crippen molar-refractivity contribution in [1.82, 2.24) is 4.98 Å². The van der Waals surface area contributed by atoms with E-state index < -0.39 is 17.5 Å². The Balaban J connectivity index is 2.49. The number of hydrogen-bond donors (Lipinski definition) is 1. The van der Waals surface area contributed by atoms with Gasteiger partial charge in [-0.3, -0.25) is 4.79 Å². The average Bonchev–Trinajstić information content (AvgIpc) is 2.59. The number of halogens is 3. The van der Waals surface area contributed by atoms with Gasteiger partial charge in [-0.1, -0.05) is 33.6 Å². The van der Waals surface area contributed by atoms with Gasteiger partial charge in [-0.05, 0) is 44.6 Å². The molecule has 1 aromatic heterocycles. The maximum Gasteiger partial charge on any atom is 0.399 e. The lowest BCUT2D eigenvalue weighted by molar-refractivity contribution is -0.214. The van der Waals surface area contributed by atoms with E-state index in [4.69, 9.17) is 10.5 Å². The highest BCUT2D eigenvalue weighted by molar-refractivity contribution is 6.05. The molecule has 1 heterocycles. The number of amides is 1. The zero-order valence-electron chi connectivity index (χ0n) is 18.2. The summed E-state index contributed by atoms with van der Waals surface area (Å²) >= 11 is 0. The molecular formula is C22H32F3N3O2. The van der Waals surface area contributed by atoms with Crippen molar-refractivity contribution in [3.63, 3.8) is 0 Å². The number of ether oxygens (including phenoxy) is 1. The fraction of sp³-hybridized carbons (Fsp3) is 0.682. The molecule has 1 aromatic rings. The molecular weight excluding hydrogens is 395 g/mol. The molecule has 0 spiro atoms. The van der Waals surface area contributed by atoms with Crippen LogP contribution in [0.3, 0.4) is 0 Å². The van der Waals surface area contributed by atoms with E-state index in [2.05, 4.69) is 9.98 Å². The van der Waals surface area contributed by atoms with Gasteiger partial charge in [0.2, 0.25) is 5.88 Å². The molecule has 0 saturated heterocycles. The number of aliphatic imine (C=N–C) groups is 1. The van der Waals surface area contributed by atoms with Crippen LogP contribution < -0.4 is 10.5 Å². The maximum absolute atomic E-state index is 14.0. The molecule has 1 amide bonds. The van der Waals surface area contributed by atoms with Crippen molar-refractivity contribution >= 4 is 11.7 Å². The van der Waals surface area contributed by atoms with Crippen LogP contribution in [0.5, 0.6) is 5.88 Å². The van der Waals surface area contributed by atoms with E-state index in [1.54, 1.807) is 6.92 Å². The van der Waals surface area contributed by atoms with Crippen LogP contribution in [0.2, 0.25) is 0 Å². The first-order chi connectivity index (χ1) is 14.1. The van der Waals surface area contributed by atoms with E-state index in [0.717, 1.165) is 6.42 Å². The van der Waals surface area contributed by atoms with Crippen molar-refractivity contribution in [2.45, 2.75) is 77.8 Å². The van der Waals surface area contributed by atoms with E-state index >= 15 is 0 Å². The number of carbonyl (C=O) groups is 1. The second-order valence-electron chi connectivity index (χ2n) is 8.36. The van der Waals surface area contributed by atoms with Crippen molar-refractivity contribution in [2.24, 2.45) is 22.6 Å². The van der Waals surface area contributed by atoms with Gasteiger partial charge in [0.25, 0.3) is 5.91 Å². The molecule has 1 aliphatic carbocycles. The Morgan fingerprint density at radius 1 is 1.30 bits per heavy atom. The predicted molar refractivity (Wildman–Crippen MR) is 111 cm³/mol. The summed E-state index contributed by atoms with van der Waals surface area (Å²) in [6.07, 6.45) is -2.05. The van der Waals surface area contributed by atoms with E-state index in [-0.39, 0.29) is 48.3 Å². The fourth-order valence-electron chi connectivity index (χ4n) is 3.96. The fourth-order valence-corrected chi connectivity index (χ4v) is 3.96. The molecule has 1 saturated carbocycles. The lowest BCUT2D eigenvalue weighted by atomic mass is 9.64.